The average molecular weight is 197 g/mol. The first kappa shape index (κ1) is 9.48. The highest BCUT2D eigenvalue weighted by Crippen LogP contribution is 1.98. The standard InChI is InChI=1S/C7H7N3O2S/c1-5-3-13-7(12)10(5)2-6(11)9-4-8/h3H,2H2,1H3,(H,9,11). The third-order valence-corrected chi connectivity index (χ3v) is 2.35. The molecule has 0 atom stereocenters. The first-order valence-electron chi connectivity index (χ1n) is 3.48. The Hall–Kier alpha value is -1.61. The summed E-state index contributed by atoms with van der Waals surface area (Å²) in [5, 5.41) is 11.8. The smallest absolute Gasteiger partial charge is 0.294 e. The molecule has 0 bridgehead atoms. The Morgan fingerprint density at radius 2 is 2.54 bits per heavy atom. The number of rotatable bonds is 2. The van der Waals surface area contributed by atoms with E-state index in [4.69, 9.17) is 5.26 Å². The van der Waals surface area contributed by atoms with Crippen LogP contribution in [0.4, 0.5) is 0 Å². The van der Waals surface area contributed by atoms with Crippen LogP contribution in [0, 0.1) is 18.4 Å². The van der Waals surface area contributed by atoms with Gasteiger partial charge in [-0.1, -0.05) is 11.3 Å². The zero-order valence-corrected chi connectivity index (χ0v) is 7.72. The molecule has 0 radical (unpaired) electrons. The third kappa shape index (κ3) is 2.16. The molecule has 1 rings (SSSR count). The fraction of sp³-hybridized carbons (Fsp3) is 0.286. The van der Waals surface area contributed by atoms with Crippen LogP contribution in [0.15, 0.2) is 10.2 Å². The molecule has 1 heterocycles. The van der Waals surface area contributed by atoms with Crippen molar-refractivity contribution >= 4 is 17.2 Å². The molecule has 0 aliphatic carbocycles. The summed E-state index contributed by atoms with van der Waals surface area (Å²) in [6.07, 6.45) is 1.51. The van der Waals surface area contributed by atoms with E-state index < -0.39 is 5.91 Å². The van der Waals surface area contributed by atoms with Gasteiger partial charge in [-0.3, -0.25) is 19.5 Å². The number of thiazole rings is 1. The lowest BCUT2D eigenvalue weighted by atomic mass is 10.5. The van der Waals surface area contributed by atoms with Gasteiger partial charge in [-0.05, 0) is 6.92 Å². The van der Waals surface area contributed by atoms with Gasteiger partial charge in [0.2, 0.25) is 0 Å². The van der Waals surface area contributed by atoms with Gasteiger partial charge < -0.3 is 0 Å². The number of carbonyl (C=O) groups is 1. The van der Waals surface area contributed by atoms with Crippen molar-refractivity contribution in [3.8, 4) is 6.19 Å². The van der Waals surface area contributed by atoms with Crippen LogP contribution in [-0.2, 0) is 11.3 Å². The predicted molar refractivity (Wildman–Crippen MR) is 47.1 cm³/mol. The van der Waals surface area contributed by atoms with E-state index in [1.165, 1.54) is 10.8 Å². The second-order valence-electron chi connectivity index (χ2n) is 2.39. The molecule has 0 unspecified atom stereocenters. The van der Waals surface area contributed by atoms with Gasteiger partial charge in [0, 0.05) is 11.1 Å². The van der Waals surface area contributed by atoms with E-state index in [9.17, 15) is 9.59 Å². The minimum Gasteiger partial charge on any atom is -0.294 e. The van der Waals surface area contributed by atoms with Gasteiger partial charge in [0.05, 0.1) is 0 Å². The molecule has 1 N–H and O–H groups in total. The van der Waals surface area contributed by atoms with E-state index in [0.29, 0.717) is 0 Å². The molecule has 0 aliphatic rings. The van der Waals surface area contributed by atoms with E-state index in [-0.39, 0.29) is 11.4 Å². The van der Waals surface area contributed by atoms with Crippen LogP contribution in [0.1, 0.15) is 5.69 Å². The molecule has 13 heavy (non-hydrogen) atoms. The monoisotopic (exact) mass is 197 g/mol. The van der Waals surface area contributed by atoms with Crippen LogP contribution >= 0.6 is 11.3 Å². The summed E-state index contributed by atoms with van der Waals surface area (Å²) >= 11 is 1.04. The Bertz CT molecular complexity index is 412. The maximum atomic E-state index is 11.1. The second kappa shape index (κ2) is 3.87. The van der Waals surface area contributed by atoms with Gasteiger partial charge in [-0.15, -0.1) is 0 Å². The summed E-state index contributed by atoms with van der Waals surface area (Å²) < 4.78 is 1.32. The van der Waals surface area contributed by atoms with Crippen LogP contribution in [0.25, 0.3) is 0 Å². The lowest BCUT2D eigenvalue weighted by Gasteiger charge is -2.00. The first-order chi connectivity index (χ1) is 6.15. The predicted octanol–water partition coefficient (Wildman–Crippen LogP) is -0.185. The number of hydrogen-bond donors (Lipinski definition) is 1. The van der Waals surface area contributed by atoms with Gasteiger partial charge in [-0.25, -0.2) is 0 Å². The number of hydrogen-bond acceptors (Lipinski definition) is 4. The molecule has 5 nitrogen and oxygen atoms in total. The Balaban J connectivity index is 2.81. The molecule has 1 aromatic rings. The summed E-state index contributed by atoms with van der Waals surface area (Å²) in [4.78, 5) is 21.8. The molecule has 1 amide bonds. The zero-order chi connectivity index (χ0) is 9.84. The van der Waals surface area contributed by atoms with Gasteiger partial charge in [0.1, 0.15) is 6.54 Å². The second-order valence-corrected chi connectivity index (χ2v) is 3.21. The molecule has 0 saturated carbocycles. The lowest BCUT2D eigenvalue weighted by molar-refractivity contribution is -0.120. The fourth-order valence-electron chi connectivity index (χ4n) is 0.842. The Morgan fingerprint density at radius 3 is 3.00 bits per heavy atom. The maximum absolute atomic E-state index is 11.1. The van der Waals surface area contributed by atoms with E-state index in [2.05, 4.69) is 0 Å². The highest BCUT2D eigenvalue weighted by atomic mass is 32.1. The van der Waals surface area contributed by atoms with E-state index >= 15 is 0 Å². The zero-order valence-electron chi connectivity index (χ0n) is 6.90. The molecule has 0 spiro atoms. The van der Waals surface area contributed by atoms with Crippen molar-refractivity contribution < 1.29 is 4.79 Å². The van der Waals surface area contributed by atoms with Crippen LogP contribution < -0.4 is 10.2 Å². The van der Waals surface area contributed by atoms with Crippen molar-refractivity contribution in [1.82, 2.24) is 9.88 Å². The lowest BCUT2D eigenvalue weighted by Crippen LogP contribution is -2.27. The summed E-state index contributed by atoms with van der Waals surface area (Å²) in [7, 11) is 0. The van der Waals surface area contributed by atoms with Gasteiger partial charge in [0.15, 0.2) is 6.19 Å². The van der Waals surface area contributed by atoms with Gasteiger partial charge in [-0.2, -0.15) is 5.26 Å². The number of aromatic nitrogens is 1. The maximum Gasteiger partial charge on any atom is 0.307 e. The number of nitrogens with zero attached hydrogens (tertiary/aromatic N) is 2. The molecule has 68 valence electrons. The highest BCUT2D eigenvalue weighted by molar-refractivity contribution is 7.07. The molecule has 0 aliphatic heterocycles. The van der Waals surface area contributed by atoms with Crippen molar-refractivity contribution in [2.75, 3.05) is 0 Å². The molecule has 6 heteroatoms. The molecule has 0 saturated heterocycles. The number of amides is 1. The first-order valence-corrected chi connectivity index (χ1v) is 4.36. The normalized spacial score (nSPS) is 9.23. The summed E-state index contributed by atoms with van der Waals surface area (Å²) in [6.45, 7) is 1.64. The number of carbonyl (C=O) groups excluding carboxylic acids is 1. The Kier molecular flexibility index (Phi) is 2.82. The van der Waals surface area contributed by atoms with Crippen molar-refractivity contribution in [1.29, 1.82) is 5.26 Å². The third-order valence-electron chi connectivity index (χ3n) is 1.47. The van der Waals surface area contributed by atoms with E-state index in [1.807, 2.05) is 5.32 Å². The van der Waals surface area contributed by atoms with E-state index in [1.54, 1.807) is 12.3 Å². The van der Waals surface area contributed by atoms with Crippen LogP contribution in [-0.4, -0.2) is 10.5 Å². The SMILES string of the molecule is Cc1csc(=O)n1CC(=O)NC#N. The van der Waals surface area contributed by atoms with Gasteiger partial charge >= 0.3 is 4.87 Å². The topological polar surface area (TPSA) is 74.9 Å². The molecular formula is C7H7N3O2S. The quantitative estimate of drug-likeness (QED) is 0.527. The summed E-state index contributed by atoms with van der Waals surface area (Å²) in [6, 6.07) is 0. The van der Waals surface area contributed by atoms with E-state index in [0.717, 1.165) is 17.0 Å². The van der Waals surface area contributed by atoms with Crippen LogP contribution in [0.3, 0.4) is 0 Å². The number of nitrogens with one attached hydrogen (secondary N) is 1. The van der Waals surface area contributed by atoms with Crippen molar-refractivity contribution in [2.45, 2.75) is 13.5 Å². The molecule has 1 aromatic heterocycles. The van der Waals surface area contributed by atoms with Crippen molar-refractivity contribution in [2.24, 2.45) is 0 Å². The minimum absolute atomic E-state index is 0.0955. The average Bonchev–Trinajstić information content (AvgIpc) is 2.36. The summed E-state index contributed by atoms with van der Waals surface area (Å²) in [5.41, 5.74) is 0.725. The van der Waals surface area contributed by atoms with Crippen molar-refractivity contribution in [3.05, 3.63) is 20.7 Å². The minimum atomic E-state index is -0.480. The highest BCUT2D eigenvalue weighted by Gasteiger charge is 2.06. The summed E-state index contributed by atoms with van der Waals surface area (Å²) in [5.74, 6) is -0.480. The molecule has 0 aromatic carbocycles. The Morgan fingerprint density at radius 1 is 1.85 bits per heavy atom. The van der Waals surface area contributed by atoms with Crippen molar-refractivity contribution in [3.63, 3.8) is 0 Å². The Labute approximate surface area is 78.2 Å². The van der Waals surface area contributed by atoms with Gasteiger partial charge in [0.25, 0.3) is 5.91 Å². The van der Waals surface area contributed by atoms with Crippen LogP contribution in [0.5, 0.6) is 0 Å². The molecule has 0 fully saturated rings. The largest absolute Gasteiger partial charge is 0.307 e. The van der Waals surface area contributed by atoms with Crippen LogP contribution in [0.2, 0.25) is 0 Å². The number of nitriles is 1. The fourth-order valence-corrected chi connectivity index (χ4v) is 1.58. The molecular weight excluding hydrogens is 190 g/mol. The number of aryl methyl sites for hydroxylation is 1.